The van der Waals surface area contributed by atoms with Gasteiger partial charge in [0.1, 0.15) is 12.4 Å². The molecule has 0 spiro atoms. The highest BCUT2D eigenvalue weighted by atomic mass is 35.5. The monoisotopic (exact) mass is 238 g/mol. The van der Waals surface area contributed by atoms with Gasteiger partial charge in [-0.15, -0.1) is 11.6 Å². The van der Waals surface area contributed by atoms with Crippen LogP contribution in [-0.2, 0) is 0 Å². The maximum absolute atomic E-state index is 12.2. The van der Waals surface area contributed by atoms with Crippen LogP contribution in [-0.4, -0.2) is 30.1 Å². The summed E-state index contributed by atoms with van der Waals surface area (Å²) < 4.78 is 36.6. The SMILES string of the molecule is FC(F)(F)CN(CCCl)c1ccccn1. The second kappa shape index (κ2) is 5.21. The second-order valence-electron chi connectivity index (χ2n) is 2.91. The van der Waals surface area contributed by atoms with Crippen molar-refractivity contribution in [3.8, 4) is 0 Å². The fourth-order valence-electron chi connectivity index (χ4n) is 1.13. The Kier molecular flexibility index (Phi) is 4.20. The molecule has 1 aromatic rings. The van der Waals surface area contributed by atoms with Crippen LogP contribution in [0.4, 0.5) is 19.0 Å². The van der Waals surface area contributed by atoms with Crippen molar-refractivity contribution < 1.29 is 13.2 Å². The highest BCUT2D eigenvalue weighted by Gasteiger charge is 2.31. The van der Waals surface area contributed by atoms with Gasteiger partial charge >= 0.3 is 6.18 Å². The van der Waals surface area contributed by atoms with E-state index in [0.29, 0.717) is 0 Å². The smallest absolute Gasteiger partial charge is 0.346 e. The van der Waals surface area contributed by atoms with Gasteiger partial charge in [0.25, 0.3) is 0 Å². The van der Waals surface area contributed by atoms with E-state index in [1.54, 1.807) is 12.1 Å². The van der Waals surface area contributed by atoms with E-state index in [9.17, 15) is 13.2 Å². The van der Waals surface area contributed by atoms with E-state index >= 15 is 0 Å². The van der Waals surface area contributed by atoms with Gasteiger partial charge in [0, 0.05) is 18.6 Å². The fourth-order valence-corrected chi connectivity index (χ4v) is 1.34. The zero-order valence-corrected chi connectivity index (χ0v) is 8.59. The molecule has 15 heavy (non-hydrogen) atoms. The van der Waals surface area contributed by atoms with Crippen LogP contribution in [0.2, 0.25) is 0 Å². The predicted octanol–water partition coefficient (Wildman–Crippen LogP) is 2.69. The Morgan fingerprint density at radius 1 is 1.33 bits per heavy atom. The number of aromatic nitrogens is 1. The van der Waals surface area contributed by atoms with E-state index in [2.05, 4.69) is 4.98 Å². The first-order valence-corrected chi connectivity index (χ1v) is 4.85. The molecule has 0 amide bonds. The summed E-state index contributed by atoms with van der Waals surface area (Å²) in [5.41, 5.74) is 0. The normalized spacial score (nSPS) is 11.5. The second-order valence-corrected chi connectivity index (χ2v) is 3.29. The van der Waals surface area contributed by atoms with Gasteiger partial charge in [-0.1, -0.05) is 6.07 Å². The summed E-state index contributed by atoms with van der Waals surface area (Å²) in [4.78, 5) is 4.95. The average Bonchev–Trinajstić information content (AvgIpc) is 2.17. The molecule has 0 aliphatic carbocycles. The lowest BCUT2D eigenvalue weighted by Gasteiger charge is -2.23. The molecule has 0 aliphatic heterocycles. The van der Waals surface area contributed by atoms with E-state index < -0.39 is 12.7 Å². The molecular weight excluding hydrogens is 229 g/mol. The molecule has 0 unspecified atom stereocenters. The van der Waals surface area contributed by atoms with Crippen molar-refractivity contribution >= 4 is 17.4 Å². The average molecular weight is 239 g/mol. The molecule has 6 heteroatoms. The standard InChI is InChI=1S/C9H10ClF3N2/c10-4-6-15(7-9(11,12)13)8-3-1-2-5-14-8/h1-3,5H,4,6-7H2. The van der Waals surface area contributed by atoms with E-state index in [1.165, 1.54) is 12.3 Å². The van der Waals surface area contributed by atoms with Crippen molar-refractivity contribution in [1.29, 1.82) is 0 Å². The van der Waals surface area contributed by atoms with Gasteiger partial charge in [-0.2, -0.15) is 13.2 Å². The van der Waals surface area contributed by atoms with Crippen LogP contribution in [0.5, 0.6) is 0 Å². The van der Waals surface area contributed by atoms with Gasteiger partial charge in [-0.25, -0.2) is 4.98 Å². The molecule has 0 aromatic carbocycles. The minimum absolute atomic E-state index is 0.123. The van der Waals surface area contributed by atoms with E-state index in [1.807, 2.05) is 0 Å². The summed E-state index contributed by atoms with van der Waals surface area (Å²) in [6.45, 7) is -0.908. The Morgan fingerprint density at radius 3 is 2.53 bits per heavy atom. The van der Waals surface area contributed by atoms with Gasteiger partial charge in [-0.05, 0) is 12.1 Å². The van der Waals surface area contributed by atoms with Gasteiger partial charge in [0.15, 0.2) is 0 Å². The molecule has 0 N–H and O–H groups in total. The molecule has 0 saturated carbocycles. The minimum Gasteiger partial charge on any atom is -0.346 e. The number of halogens is 4. The maximum atomic E-state index is 12.2. The molecule has 1 aromatic heterocycles. The summed E-state index contributed by atoms with van der Waals surface area (Å²) in [6.07, 6.45) is -2.80. The molecule has 0 saturated heterocycles. The van der Waals surface area contributed by atoms with Gasteiger partial charge < -0.3 is 4.90 Å². The lowest BCUT2D eigenvalue weighted by molar-refractivity contribution is -0.119. The molecule has 0 fully saturated rings. The number of pyridine rings is 1. The van der Waals surface area contributed by atoms with Crippen molar-refractivity contribution in [3.63, 3.8) is 0 Å². The van der Waals surface area contributed by atoms with Crippen molar-refractivity contribution in [2.75, 3.05) is 23.9 Å². The van der Waals surface area contributed by atoms with Crippen LogP contribution in [0.1, 0.15) is 0 Å². The number of rotatable bonds is 4. The summed E-state index contributed by atoms with van der Waals surface area (Å²) >= 11 is 5.44. The predicted molar refractivity (Wildman–Crippen MR) is 53.2 cm³/mol. The highest BCUT2D eigenvalue weighted by molar-refractivity contribution is 6.18. The molecular formula is C9H10ClF3N2. The quantitative estimate of drug-likeness (QED) is 0.750. The van der Waals surface area contributed by atoms with Crippen molar-refractivity contribution in [2.24, 2.45) is 0 Å². The van der Waals surface area contributed by atoms with Gasteiger partial charge in [-0.3, -0.25) is 0 Å². The van der Waals surface area contributed by atoms with Crippen LogP contribution in [0, 0.1) is 0 Å². The molecule has 0 aliphatic rings. The van der Waals surface area contributed by atoms with Crippen LogP contribution in [0.25, 0.3) is 0 Å². The molecule has 1 rings (SSSR count). The summed E-state index contributed by atoms with van der Waals surface area (Å²) in [7, 11) is 0. The van der Waals surface area contributed by atoms with Gasteiger partial charge in [0.2, 0.25) is 0 Å². The van der Waals surface area contributed by atoms with E-state index in [-0.39, 0.29) is 18.2 Å². The first-order chi connectivity index (χ1) is 7.03. The highest BCUT2D eigenvalue weighted by Crippen LogP contribution is 2.20. The zero-order chi connectivity index (χ0) is 11.3. The van der Waals surface area contributed by atoms with Crippen molar-refractivity contribution in [1.82, 2.24) is 4.98 Å². The summed E-state index contributed by atoms with van der Waals surface area (Å²) in [5.74, 6) is 0.419. The van der Waals surface area contributed by atoms with Crippen molar-refractivity contribution in [2.45, 2.75) is 6.18 Å². The van der Waals surface area contributed by atoms with Crippen LogP contribution in [0.15, 0.2) is 24.4 Å². The zero-order valence-electron chi connectivity index (χ0n) is 7.84. The first-order valence-electron chi connectivity index (χ1n) is 4.31. The first kappa shape index (κ1) is 12.1. The van der Waals surface area contributed by atoms with E-state index in [4.69, 9.17) is 11.6 Å². The third kappa shape index (κ3) is 4.38. The molecule has 84 valence electrons. The van der Waals surface area contributed by atoms with Crippen LogP contribution >= 0.6 is 11.6 Å². The number of nitrogens with zero attached hydrogens (tertiary/aromatic N) is 2. The topological polar surface area (TPSA) is 16.1 Å². The molecule has 0 radical (unpaired) electrons. The van der Waals surface area contributed by atoms with E-state index in [0.717, 1.165) is 4.90 Å². The Balaban J connectivity index is 2.75. The van der Waals surface area contributed by atoms with Gasteiger partial charge in [0.05, 0.1) is 0 Å². The van der Waals surface area contributed by atoms with Crippen molar-refractivity contribution in [3.05, 3.63) is 24.4 Å². The fraction of sp³-hybridized carbons (Fsp3) is 0.444. The lowest BCUT2D eigenvalue weighted by Crippen LogP contribution is -2.36. The number of alkyl halides is 4. The number of anilines is 1. The Labute approximate surface area is 90.7 Å². The third-order valence-electron chi connectivity index (χ3n) is 1.70. The summed E-state index contributed by atoms with van der Waals surface area (Å²) in [6, 6.07) is 4.81. The Hall–Kier alpha value is -0.970. The Morgan fingerprint density at radius 2 is 2.07 bits per heavy atom. The maximum Gasteiger partial charge on any atom is 0.405 e. The molecule has 1 heterocycles. The van der Waals surface area contributed by atoms with Crippen LogP contribution < -0.4 is 4.90 Å². The largest absolute Gasteiger partial charge is 0.405 e. The number of hydrogen-bond donors (Lipinski definition) is 0. The summed E-state index contributed by atoms with van der Waals surface area (Å²) in [5, 5.41) is 0. The third-order valence-corrected chi connectivity index (χ3v) is 1.87. The molecule has 0 bridgehead atoms. The minimum atomic E-state index is -4.25. The molecule has 0 atom stereocenters. The van der Waals surface area contributed by atoms with Crippen LogP contribution in [0.3, 0.4) is 0 Å². The number of hydrogen-bond acceptors (Lipinski definition) is 2. The lowest BCUT2D eigenvalue weighted by atomic mass is 10.4. The molecule has 2 nitrogen and oxygen atoms in total. The Bertz CT molecular complexity index is 289.